The molecular formula is C17H17NO3. The summed E-state index contributed by atoms with van der Waals surface area (Å²) in [6.07, 6.45) is 1.47. The Morgan fingerprint density at radius 2 is 2.19 bits per heavy atom. The first-order valence-corrected chi connectivity index (χ1v) is 6.59. The highest BCUT2D eigenvalue weighted by Gasteiger charge is 2.14. The highest BCUT2D eigenvalue weighted by atomic mass is 16.3. The molecule has 4 heteroatoms. The van der Waals surface area contributed by atoms with Gasteiger partial charge in [-0.05, 0) is 30.7 Å². The first-order valence-electron chi connectivity index (χ1n) is 6.59. The van der Waals surface area contributed by atoms with Crippen LogP contribution in [0.2, 0.25) is 0 Å². The summed E-state index contributed by atoms with van der Waals surface area (Å²) in [5.74, 6) is 6.09. The minimum atomic E-state index is -0.164. The van der Waals surface area contributed by atoms with Gasteiger partial charge in [0, 0.05) is 19.2 Å². The number of carbonyl (C=O) groups is 1. The summed E-state index contributed by atoms with van der Waals surface area (Å²) in [7, 11) is 1.75. The van der Waals surface area contributed by atoms with Crippen LogP contribution in [0.25, 0.3) is 0 Å². The van der Waals surface area contributed by atoms with Crippen molar-refractivity contribution in [2.24, 2.45) is 0 Å². The van der Waals surface area contributed by atoms with Gasteiger partial charge in [0.2, 0.25) is 0 Å². The number of furan rings is 1. The molecule has 0 aliphatic carbocycles. The van der Waals surface area contributed by atoms with Gasteiger partial charge in [0.05, 0.1) is 5.56 Å². The number of carbonyl (C=O) groups excluding carboxylic acids is 1. The molecule has 1 amide bonds. The lowest BCUT2D eigenvalue weighted by Crippen LogP contribution is -2.25. The fraction of sp³-hybridized carbons (Fsp3) is 0.235. The maximum Gasteiger partial charge on any atom is 0.257 e. The average molecular weight is 283 g/mol. The van der Waals surface area contributed by atoms with E-state index in [-0.39, 0.29) is 12.5 Å². The lowest BCUT2D eigenvalue weighted by molar-refractivity contribution is 0.0784. The standard InChI is InChI=1S/C17H17NO3/c1-13-9-16(12-21-13)17(20)18(2)11-15-6-3-5-14(10-15)7-4-8-19/h3,5-6,9-10,12,19H,8,11H2,1-2H3. The molecule has 21 heavy (non-hydrogen) atoms. The zero-order valence-corrected chi connectivity index (χ0v) is 12.1. The average Bonchev–Trinajstić information content (AvgIpc) is 2.91. The van der Waals surface area contributed by atoms with Crippen LogP contribution in [0.1, 0.15) is 27.2 Å². The molecule has 1 aromatic heterocycles. The molecule has 0 spiro atoms. The van der Waals surface area contributed by atoms with Crippen molar-refractivity contribution in [1.82, 2.24) is 4.90 Å². The minimum absolute atomic E-state index is 0.0845. The Bertz CT molecular complexity index is 691. The first-order chi connectivity index (χ1) is 10.1. The maximum atomic E-state index is 12.2. The van der Waals surface area contributed by atoms with Gasteiger partial charge in [-0.1, -0.05) is 24.0 Å². The number of benzene rings is 1. The molecule has 2 aromatic rings. The normalized spacial score (nSPS) is 9.86. The van der Waals surface area contributed by atoms with Crippen LogP contribution in [0.3, 0.4) is 0 Å². The molecule has 1 heterocycles. The smallest absolute Gasteiger partial charge is 0.257 e. The Kier molecular flexibility index (Phi) is 4.81. The van der Waals surface area contributed by atoms with Crippen molar-refractivity contribution in [3.8, 4) is 11.8 Å². The third-order valence-electron chi connectivity index (χ3n) is 2.98. The van der Waals surface area contributed by atoms with Crippen molar-refractivity contribution in [3.05, 3.63) is 59.0 Å². The van der Waals surface area contributed by atoms with E-state index in [0.717, 1.165) is 11.1 Å². The van der Waals surface area contributed by atoms with Crippen LogP contribution in [0.4, 0.5) is 0 Å². The van der Waals surface area contributed by atoms with E-state index in [1.807, 2.05) is 24.3 Å². The fourth-order valence-electron chi connectivity index (χ4n) is 2.01. The summed E-state index contributed by atoms with van der Waals surface area (Å²) in [5, 5.41) is 8.71. The molecule has 0 atom stereocenters. The van der Waals surface area contributed by atoms with Crippen molar-refractivity contribution in [3.63, 3.8) is 0 Å². The van der Waals surface area contributed by atoms with Crippen LogP contribution in [0, 0.1) is 18.8 Å². The van der Waals surface area contributed by atoms with Crippen molar-refractivity contribution >= 4 is 5.91 Å². The van der Waals surface area contributed by atoms with Crippen LogP contribution < -0.4 is 0 Å². The summed E-state index contributed by atoms with van der Waals surface area (Å²) in [4.78, 5) is 13.9. The van der Waals surface area contributed by atoms with Gasteiger partial charge in [-0.25, -0.2) is 0 Å². The lowest BCUT2D eigenvalue weighted by atomic mass is 10.1. The van der Waals surface area contributed by atoms with Gasteiger partial charge < -0.3 is 14.4 Å². The summed E-state index contributed by atoms with van der Waals surface area (Å²) in [6.45, 7) is 2.13. The van der Waals surface area contributed by atoms with Gasteiger partial charge in [-0.15, -0.1) is 0 Å². The van der Waals surface area contributed by atoms with Crippen LogP contribution in [0.5, 0.6) is 0 Å². The van der Waals surface area contributed by atoms with Crippen molar-refractivity contribution in [1.29, 1.82) is 0 Å². The molecule has 0 radical (unpaired) electrons. The molecule has 0 aliphatic rings. The van der Waals surface area contributed by atoms with Gasteiger partial charge in [-0.2, -0.15) is 0 Å². The van der Waals surface area contributed by atoms with Crippen LogP contribution >= 0.6 is 0 Å². The number of aliphatic hydroxyl groups is 1. The Hall–Kier alpha value is -2.51. The molecule has 0 saturated heterocycles. The Balaban J connectivity index is 2.08. The molecule has 1 aromatic carbocycles. The molecule has 0 bridgehead atoms. The third kappa shape index (κ3) is 3.98. The van der Waals surface area contributed by atoms with E-state index < -0.39 is 0 Å². The number of nitrogens with zero attached hydrogens (tertiary/aromatic N) is 1. The number of aliphatic hydroxyl groups excluding tert-OH is 1. The van der Waals surface area contributed by atoms with E-state index in [4.69, 9.17) is 9.52 Å². The number of rotatable bonds is 3. The van der Waals surface area contributed by atoms with Crippen molar-refractivity contribution in [2.45, 2.75) is 13.5 Å². The van der Waals surface area contributed by atoms with Gasteiger partial charge in [0.25, 0.3) is 5.91 Å². The molecule has 4 nitrogen and oxygen atoms in total. The van der Waals surface area contributed by atoms with Crippen molar-refractivity contribution in [2.75, 3.05) is 13.7 Å². The van der Waals surface area contributed by atoms with E-state index in [2.05, 4.69) is 11.8 Å². The second kappa shape index (κ2) is 6.78. The van der Waals surface area contributed by atoms with E-state index in [1.165, 1.54) is 6.26 Å². The van der Waals surface area contributed by atoms with Gasteiger partial charge >= 0.3 is 0 Å². The molecular weight excluding hydrogens is 266 g/mol. The van der Waals surface area contributed by atoms with Gasteiger partial charge in [0.15, 0.2) is 0 Å². The largest absolute Gasteiger partial charge is 0.469 e. The van der Waals surface area contributed by atoms with E-state index >= 15 is 0 Å². The first kappa shape index (κ1) is 14.9. The fourth-order valence-corrected chi connectivity index (χ4v) is 2.01. The molecule has 0 fully saturated rings. The second-order valence-corrected chi connectivity index (χ2v) is 4.77. The van der Waals surface area contributed by atoms with E-state index in [9.17, 15) is 4.79 Å². The highest BCUT2D eigenvalue weighted by Crippen LogP contribution is 2.12. The quantitative estimate of drug-likeness (QED) is 0.879. The van der Waals surface area contributed by atoms with Gasteiger partial charge in [-0.3, -0.25) is 4.79 Å². The summed E-state index contributed by atoms with van der Waals surface area (Å²) < 4.78 is 5.16. The maximum absolute atomic E-state index is 12.2. The molecule has 2 rings (SSSR count). The minimum Gasteiger partial charge on any atom is -0.469 e. The van der Waals surface area contributed by atoms with E-state index in [0.29, 0.717) is 17.9 Å². The predicted octanol–water partition coefficient (Wildman–Crippen LogP) is 2.20. The zero-order valence-electron chi connectivity index (χ0n) is 12.1. The van der Waals surface area contributed by atoms with Gasteiger partial charge in [0.1, 0.15) is 18.6 Å². The summed E-state index contributed by atoms with van der Waals surface area (Å²) >= 11 is 0. The number of hydrogen-bond donors (Lipinski definition) is 1. The molecule has 0 saturated carbocycles. The third-order valence-corrected chi connectivity index (χ3v) is 2.98. The number of hydrogen-bond acceptors (Lipinski definition) is 3. The summed E-state index contributed by atoms with van der Waals surface area (Å²) in [6, 6.07) is 9.33. The van der Waals surface area contributed by atoms with Crippen LogP contribution in [0.15, 0.2) is 41.0 Å². The van der Waals surface area contributed by atoms with E-state index in [1.54, 1.807) is 24.9 Å². The molecule has 1 N–H and O–H groups in total. The highest BCUT2D eigenvalue weighted by molar-refractivity contribution is 5.93. The monoisotopic (exact) mass is 283 g/mol. The molecule has 0 aliphatic heterocycles. The SMILES string of the molecule is Cc1cc(C(=O)N(C)Cc2cccc(C#CCO)c2)co1. The lowest BCUT2D eigenvalue weighted by Gasteiger charge is -2.16. The predicted molar refractivity (Wildman–Crippen MR) is 79.6 cm³/mol. The van der Waals surface area contributed by atoms with Crippen molar-refractivity contribution < 1.29 is 14.3 Å². The topological polar surface area (TPSA) is 53.7 Å². The van der Waals surface area contributed by atoms with Crippen LogP contribution in [-0.4, -0.2) is 29.6 Å². The Morgan fingerprint density at radius 3 is 2.86 bits per heavy atom. The van der Waals surface area contributed by atoms with Crippen LogP contribution in [-0.2, 0) is 6.54 Å². The second-order valence-electron chi connectivity index (χ2n) is 4.77. The number of amides is 1. The Morgan fingerprint density at radius 1 is 1.38 bits per heavy atom. The number of aryl methyl sites for hydroxylation is 1. The molecule has 0 unspecified atom stereocenters. The zero-order chi connectivity index (χ0) is 15.2. The molecule has 108 valence electrons. The summed E-state index contributed by atoms with van der Waals surface area (Å²) in [5.41, 5.74) is 2.35. The Labute approximate surface area is 124 Å².